The summed E-state index contributed by atoms with van der Waals surface area (Å²) in [6, 6.07) is 1.77. The summed E-state index contributed by atoms with van der Waals surface area (Å²) in [7, 11) is 3.64. The van der Waals surface area contributed by atoms with Crippen LogP contribution >= 0.6 is 11.3 Å². The zero-order valence-corrected chi connectivity index (χ0v) is 13.3. The van der Waals surface area contributed by atoms with E-state index >= 15 is 0 Å². The van der Waals surface area contributed by atoms with Gasteiger partial charge in [0.15, 0.2) is 5.65 Å². The third-order valence-corrected chi connectivity index (χ3v) is 3.91. The highest BCUT2D eigenvalue weighted by molar-refractivity contribution is 7.16. The normalized spacial score (nSPS) is 11.2. The summed E-state index contributed by atoms with van der Waals surface area (Å²) in [5.74, 6) is 0.0393. The van der Waals surface area contributed by atoms with Gasteiger partial charge >= 0.3 is 5.97 Å². The Kier molecular flexibility index (Phi) is 3.57. The van der Waals surface area contributed by atoms with Gasteiger partial charge in [-0.1, -0.05) is 0 Å². The summed E-state index contributed by atoms with van der Waals surface area (Å²) in [6.07, 6.45) is 0. The van der Waals surface area contributed by atoms with Gasteiger partial charge in [-0.05, 0) is 13.0 Å². The van der Waals surface area contributed by atoms with E-state index in [0.717, 1.165) is 9.38 Å². The van der Waals surface area contributed by atoms with Crippen molar-refractivity contribution in [3.8, 4) is 0 Å². The molecule has 116 valence electrons. The molecule has 0 radical (unpaired) electrons. The molecule has 0 amide bonds. The lowest BCUT2D eigenvalue weighted by Crippen LogP contribution is -2.32. The lowest BCUT2D eigenvalue weighted by atomic mass is 10.5. The average molecular weight is 321 g/mol. The monoisotopic (exact) mass is 321 g/mol. The van der Waals surface area contributed by atoms with Crippen LogP contribution in [0, 0.1) is 0 Å². The van der Waals surface area contributed by atoms with E-state index in [4.69, 9.17) is 4.74 Å². The maximum Gasteiger partial charge on any atom is 0.327 e. The minimum absolute atomic E-state index is 0.212. The molecule has 0 saturated carbocycles. The van der Waals surface area contributed by atoms with Crippen molar-refractivity contribution in [1.29, 1.82) is 0 Å². The molecule has 0 aliphatic heterocycles. The molecule has 0 aromatic carbocycles. The third-order valence-electron chi connectivity index (χ3n) is 3.14. The Labute approximate surface area is 129 Å². The Morgan fingerprint density at radius 2 is 2.23 bits per heavy atom. The lowest BCUT2D eigenvalue weighted by Gasteiger charge is -2.15. The highest BCUT2D eigenvalue weighted by atomic mass is 32.1. The first kappa shape index (κ1) is 14.5. The molecule has 22 heavy (non-hydrogen) atoms. The summed E-state index contributed by atoms with van der Waals surface area (Å²) in [4.78, 5) is 30.2. The quantitative estimate of drug-likeness (QED) is 0.659. The minimum atomic E-state index is -0.488. The number of fused-ring (bicyclic) bond motifs is 3. The van der Waals surface area contributed by atoms with Crippen LogP contribution in [0.5, 0.6) is 0 Å². The number of esters is 1. The number of thiazole rings is 1. The number of anilines is 1. The van der Waals surface area contributed by atoms with Crippen LogP contribution in [-0.2, 0) is 16.1 Å². The Bertz CT molecular complexity index is 908. The standard InChI is InChI=1S/C13H15N5O3S/c1-4-21-10(19)6-17-12(20)8-5-9-11(14-7-22-9)18(8)13(15-17)16(2)3/h5,7H,4,6H2,1-3H3. The second kappa shape index (κ2) is 5.41. The van der Waals surface area contributed by atoms with E-state index in [1.807, 2.05) is 14.1 Å². The van der Waals surface area contributed by atoms with E-state index < -0.39 is 5.97 Å². The van der Waals surface area contributed by atoms with Gasteiger partial charge in [-0.15, -0.1) is 16.4 Å². The lowest BCUT2D eigenvalue weighted by molar-refractivity contribution is -0.144. The number of aromatic nitrogens is 4. The fraction of sp³-hybridized carbons (Fsp3) is 0.385. The Morgan fingerprint density at radius 1 is 1.45 bits per heavy atom. The van der Waals surface area contributed by atoms with Crippen molar-refractivity contribution in [3.63, 3.8) is 0 Å². The zero-order chi connectivity index (χ0) is 15.9. The number of nitrogens with zero attached hydrogens (tertiary/aromatic N) is 5. The van der Waals surface area contributed by atoms with E-state index in [9.17, 15) is 9.59 Å². The van der Waals surface area contributed by atoms with E-state index in [-0.39, 0.29) is 18.7 Å². The molecule has 0 fully saturated rings. The Hall–Kier alpha value is -2.42. The number of rotatable bonds is 4. The van der Waals surface area contributed by atoms with Crippen LogP contribution in [-0.4, -0.2) is 45.8 Å². The van der Waals surface area contributed by atoms with E-state index in [0.29, 0.717) is 17.1 Å². The summed E-state index contributed by atoms with van der Waals surface area (Å²) in [6.45, 7) is 1.77. The highest BCUT2D eigenvalue weighted by Crippen LogP contribution is 2.24. The molecule has 3 aromatic heterocycles. The van der Waals surface area contributed by atoms with Gasteiger partial charge in [0, 0.05) is 14.1 Å². The molecule has 9 heteroatoms. The van der Waals surface area contributed by atoms with Crippen LogP contribution < -0.4 is 10.5 Å². The van der Waals surface area contributed by atoms with Crippen molar-refractivity contribution in [1.82, 2.24) is 19.2 Å². The Balaban J connectivity index is 2.25. The maximum absolute atomic E-state index is 12.5. The van der Waals surface area contributed by atoms with Crippen molar-refractivity contribution in [3.05, 3.63) is 21.9 Å². The minimum Gasteiger partial charge on any atom is -0.465 e. The largest absolute Gasteiger partial charge is 0.465 e. The first-order valence-electron chi connectivity index (χ1n) is 6.71. The van der Waals surface area contributed by atoms with Gasteiger partial charge < -0.3 is 9.64 Å². The predicted molar refractivity (Wildman–Crippen MR) is 83.6 cm³/mol. The van der Waals surface area contributed by atoms with E-state index in [1.165, 1.54) is 11.3 Å². The molecule has 3 heterocycles. The molecule has 8 nitrogen and oxygen atoms in total. The van der Waals surface area contributed by atoms with Crippen molar-refractivity contribution >= 4 is 39.1 Å². The van der Waals surface area contributed by atoms with Gasteiger partial charge in [-0.3, -0.25) is 14.0 Å². The fourth-order valence-corrected chi connectivity index (χ4v) is 2.93. The van der Waals surface area contributed by atoms with Gasteiger partial charge in [0.05, 0.1) is 16.8 Å². The van der Waals surface area contributed by atoms with Crippen LogP contribution in [0.1, 0.15) is 6.92 Å². The van der Waals surface area contributed by atoms with Crippen molar-refractivity contribution in [2.75, 3.05) is 25.6 Å². The maximum atomic E-state index is 12.5. The molecule has 0 bridgehead atoms. The number of carbonyl (C=O) groups is 1. The van der Waals surface area contributed by atoms with Gasteiger partial charge in [0.1, 0.15) is 12.1 Å². The Morgan fingerprint density at radius 3 is 2.91 bits per heavy atom. The van der Waals surface area contributed by atoms with Crippen LogP contribution in [0.3, 0.4) is 0 Å². The summed E-state index contributed by atoms with van der Waals surface area (Å²) in [5.41, 5.74) is 2.51. The van der Waals surface area contributed by atoms with Gasteiger partial charge in [-0.2, -0.15) is 0 Å². The number of carbonyl (C=O) groups excluding carboxylic acids is 1. The van der Waals surface area contributed by atoms with E-state index in [2.05, 4.69) is 10.1 Å². The number of hydrogen-bond donors (Lipinski definition) is 0. The van der Waals surface area contributed by atoms with Gasteiger partial charge in [0.2, 0.25) is 5.95 Å². The second-order valence-electron chi connectivity index (χ2n) is 4.87. The first-order valence-corrected chi connectivity index (χ1v) is 7.59. The topological polar surface area (TPSA) is 81.7 Å². The smallest absolute Gasteiger partial charge is 0.327 e. The highest BCUT2D eigenvalue weighted by Gasteiger charge is 2.18. The molecule has 0 spiro atoms. The SMILES string of the molecule is CCOC(=O)Cn1nc(N(C)C)n2c(cc3scnc32)c1=O. The molecule has 3 rings (SSSR count). The van der Waals surface area contributed by atoms with Crippen molar-refractivity contribution in [2.45, 2.75) is 13.5 Å². The van der Waals surface area contributed by atoms with Crippen molar-refractivity contribution in [2.24, 2.45) is 0 Å². The molecule has 0 atom stereocenters. The molecule has 3 aromatic rings. The van der Waals surface area contributed by atoms with Gasteiger partial charge in [0.25, 0.3) is 5.56 Å². The number of hydrogen-bond acceptors (Lipinski definition) is 7. The van der Waals surface area contributed by atoms with Crippen LogP contribution in [0.25, 0.3) is 15.9 Å². The molecule has 0 saturated heterocycles. The predicted octanol–water partition coefficient (Wildman–Crippen LogP) is 0.735. The molecular weight excluding hydrogens is 306 g/mol. The van der Waals surface area contributed by atoms with Crippen molar-refractivity contribution < 1.29 is 9.53 Å². The third kappa shape index (κ3) is 2.23. The first-order chi connectivity index (χ1) is 10.5. The summed E-state index contributed by atoms with van der Waals surface area (Å²) in [5, 5.41) is 4.28. The molecule has 0 N–H and O–H groups in total. The van der Waals surface area contributed by atoms with Gasteiger partial charge in [-0.25, -0.2) is 9.67 Å². The second-order valence-corrected chi connectivity index (χ2v) is 5.75. The van der Waals surface area contributed by atoms with Crippen LogP contribution in [0.15, 0.2) is 16.4 Å². The molecule has 0 aliphatic rings. The number of ether oxygens (including phenoxy) is 1. The van der Waals surface area contributed by atoms with Crippen LogP contribution in [0.4, 0.5) is 5.95 Å². The molecule has 0 unspecified atom stereocenters. The van der Waals surface area contributed by atoms with Crippen LogP contribution in [0.2, 0.25) is 0 Å². The summed E-state index contributed by atoms with van der Waals surface area (Å²) >= 11 is 1.45. The zero-order valence-electron chi connectivity index (χ0n) is 12.4. The average Bonchev–Trinajstić information content (AvgIpc) is 3.03. The molecular formula is C13H15N5O3S. The summed E-state index contributed by atoms with van der Waals surface area (Å²) < 4.78 is 8.62. The van der Waals surface area contributed by atoms with E-state index in [1.54, 1.807) is 27.8 Å². The fourth-order valence-electron chi connectivity index (χ4n) is 2.23. The molecule has 0 aliphatic carbocycles.